The van der Waals surface area contributed by atoms with Crippen molar-refractivity contribution in [3.05, 3.63) is 72.9 Å². The molecule has 0 rings (SSSR count). The summed E-state index contributed by atoms with van der Waals surface area (Å²) in [5, 5.41) is 8.83. The van der Waals surface area contributed by atoms with Gasteiger partial charge in [0.15, 0.2) is 0 Å². The Labute approximate surface area is 309 Å². The Bertz CT molecular complexity index is 922. The molecule has 1 N–H and O–H groups in total. The highest BCUT2D eigenvalue weighted by molar-refractivity contribution is 5.69. The van der Waals surface area contributed by atoms with Crippen LogP contribution in [-0.4, -0.2) is 23.1 Å². The highest BCUT2D eigenvalue weighted by atomic mass is 16.5. The Morgan fingerprint density at radius 1 is 0.460 bits per heavy atom. The predicted octanol–water partition coefficient (Wildman–Crippen LogP) is 14.7. The van der Waals surface area contributed by atoms with E-state index in [0.717, 1.165) is 116 Å². The lowest BCUT2D eigenvalue weighted by Gasteiger charge is -2.18. The number of hydrogen-bond acceptors (Lipinski definition) is 3. The van der Waals surface area contributed by atoms with E-state index in [4.69, 9.17) is 9.84 Å². The number of carbonyl (C=O) groups excluding carboxylic acids is 1. The van der Waals surface area contributed by atoms with Gasteiger partial charge in [0.2, 0.25) is 0 Å². The Balaban J connectivity index is 4.15. The highest BCUT2D eigenvalue weighted by Gasteiger charge is 2.14. The molecule has 1 atom stereocenters. The molecule has 0 spiro atoms. The van der Waals surface area contributed by atoms with Crippen LogP contribution in [0.4, 0.5) is 0 Å². The van der Waals surface area contributed by atoms with Gasteiger partial charge in [-0.3, -0.25) is 9.59 Å². The fourth-order valence-electron chi connectivity index (χ4n) is 5.86. The molecule has 0 aliphatic carbocycles. The van der Waals surface area contributed by atoms with Crippen molar-refractivity contribution in [2.24, 2.45) is 0 Å². The smallest absolute Gasteiger partial charge is 0.306 e. The first-order valence-corrected chi connectivity index (χ1v) is 20.9. The van der Waals surface area contributed by atoms with Crippen molar-refractivity contribution >= 4 is 11.9 Å². The normalized spacial score (nSPS) is 13.0. The number of unbranched alkanes of at least 4 members (excludes halogenated alkanes) is 16. The Morgan fingerprint density at radius 2 is 0.860 bits per heavy atom. The van der Waals surface area contributed by atoms with Crippen LogP contribution in [-0.2, 0) is 14.3 Å². The lowest BCUT2D eigenvalue weighted by Crippen LogP contribution is -2.18. The summed E-state index contributed by atoms with van der Waals surface area (Å²) in [5.74, 6) is -0.755. The molecular weight excluding hydrogens is 617 g/mol. The number of carboxylic acids is 1. The molecule has 0 fully saturated rings. The van der Waals surface area contributed by atoms with Gasteiger partial charge in [-0.25, -0.2) is 0 Å². The molecule has 0 amide bonds. The summed E-state index contributed by atoms with van der Waals surface area (Å²) in [6.45, 7) is 4.43. The quantitative estimate of drug-likeness (QED) is 0.0399. The van der Waals surface area contributed by atoms with E-state index >= 15 is 0 Å². The van der Waals surface area contributed by atoms with E-state index < -0.39 is 5.97 Å². The van der Waals surface area contributed by atoms with Crippen LogP contribution in [0.25, 0.3) is 0 Å². The van der Waals surface area contributed by atoms with Crippen LogP contribution >= 0.6 is 0 Å². The minimum absolute atomic E-state index is 0.00363. The number of allylic oxidation sites excluding steroid dienone is 12. The lowest BCUT2D eigenvalue weighted by molar-refractivity contribution is -0.150. The molecule has 0 aromatic heterocycles. The van der Waals surface area contributed by atoms with Crippen molar-refractivity contribution in [2.45, 2.75) is 206 Å². The fraction of sp³-hybridized carbons (Fsp3) is 0.696. The summed E-state index contributed by atoms with van der Waals surface area (Å²) in [6, 6.07) is 0. The number of hydrogen-bond donors (Lipinski definition) is 1. The molecule has 1 unspecified atom stereocenters. The number of aliphatic carboxylic acids is 1. The average molecular weight is 695 g/mol. The van der Waals surface area contributed by atoms with E-state index in [9.17, 15) is 9.59 Å². The van der Waals surface area contributed by atoms with E-state index in [2.05, 4.69) is 86.8 Å². The molecule has 286 valence electrons. The number of ether oxygens (including phenoxy) is 1. The van der Waals surface area contributed by atoms with Crippen molar-refractivity contribution in [1.82, 2.24) is 0 Å². The highest BCUT2D eigenvalue weighted by Crippen LogP contribution is 2.17. The maximum atomic E-state index is 12.7. The van der Waals surface area contributed by atoms with Gasteiger partial charge in [0, 0.05) is 12.8 Å². The lowest BCUT2D eigenvalue weighted by atomic mass is 10.0. The molecule has 0 saturated carbocycles. The van der Waals surface area contributed by atoms with Crippen molar-refractivity contribution in [1.29, 1.82) is 0 Å². The largest absolute Gasteiger partial charge is 0.481 e. The van der Waals surface area contributed by atoms with Crippen LogP contribution in [0.3, 0.4) is 0 Å². The van der Waals surface area contributed by atoms with Gasteiger partial charge >= 0.3 is 11.9 Å². The molecule has 50 heavy (non-hydrogen) atoms. The first kappa shape index (κ1) is 47.4. The first-order chi connectivity index (χ1) is 24.6. The summed E-state index contributed by atoms with van der Waals surface area (Å²) in [7, 11) is 0. The van der Waals surface area contributed by atoms with Crippen LogP contribution in [0, 0.1) is 0 Å². The van der Waals surface area contributed by atoms with Crippen molar-refractivity contribution in [3.8, 4) is 0 Å². The summed E-state index contributed by atoms with van der Waals surface area (Å²) in [5.41, 5.74) is 0. The third-order valence-electron chi connectivity index (χ3n) is 8.91. The molecule has 0 aliphatic rings. The monoisotopic (exact) mass is 695 g/mol. The van der Waals surface area contributed by atoms with Crippen LogP contribution in [0.1, 0.15) is 200 Å². The van der Waals surface area contributed by atoms with Gasteiger partial charge in [0.1, 0.15) is 6.10 Å². The van der Waals surface area contributed by atoms with Crippen molar-refractivity contribution < 1.29 is 19.4 Å². The molecule has 0 aromatic carbocycles. The van der Waals surface area contributed by atoms with Crippen LogP contribution in [0.15, 0.2) is 72.9 Å². The topological polar surface area (TPSA) is 63.6 Å². The third kappa shape index (κ3) is 39.8. The minimum atomic E-state index is -0.710. The number of rotatable bonds is 37. The summed E-state index contributed by atoms with van der Waals surface area (Å²) in [6.07, 6.45) is 57.8. The van der Waals surface area contributed by atoms with Crippen molar-refractivity contribution in [3.63, 3.8) is 0 Å². The van der Waals surface area contributed by atoms with E-state index in [1.807, 2.05) is 0 Å². The Morgan fingerprint density at radius 3 is 1.42 bits per heavy atom. The van der Waals surface area contributed by atoms with Gasteiger partial charge in [-0.1, -0.05) is 157 Å². The number of carbonyl (C=O) groups is 2. The van der Waals surface area contributed by atoms with Crippen LogP contribution in [0.5, 0.6) is 0 Å². The molecule has 4 nitrogen and oxygen atoms in total. The third-order valence-corrected chi connectivity index (χ3v) is 8.91. The minimum Gasteiger partial charge on any atom is -0.481 e. The number of esters is 1. The second kappa shape index (κ2) is 40.8. The van der Waals surface area contributed by atoms with Crippen LogP contribution in [0.2, 0.25) is 0 Å². The predicted molar refractivity (Wildman–Crippen MR) is 218 cm³/mol. The molecule has 0 radical (unpaired) electrons. The zero-order chi connectivity index (χ0) is 36.4. The average Bonchev–Trinajstić information content (AvgIpc) is 3.10. The molecule has 0 bridgehead atoms. The first-order valence-electron chi connectivity index (χ1n) is 20.9. The van der Waals surface area contributed by atoms with Gasteiger partial charge < -0.3 is 9.84 Å². The second-order valence-electron chi connectivity index (χ2n) is 13.8. The summed E-state index contributed by atoms with van der Waals surface area (Å²) >= 11 is 0. The van der Waals surface area contributed by atoms with E-state index in [1.165, 1.54) is 57.8 Å². The number of carboxylic acid groups (broad SMARTS) is 1. The standard InChI is InChI=1S/C46H78O4/c1-3-5-7-9-11-13-15-17-18-19-20-21-22-24-26-28-30-35-39-43-46(49)50-44(41-37-33-31-34-38-42-45(47)48)40-36-32-29-27-25-23-16-14-12-10-8-6-4-2/h5,7,11,13,17-18,20-21,24,26-27,29,44H,3-4,6,8-10,12,14-16,19,22-23,25,28,30-43H2,1-2H3,(H,47,48)/b7-5-,13-11-,18-17-,21-20-,26-24-,29-27-. The zero-order valence-electron chi connectivity index (χ0n) is 32.7. The van der Waals surface area contributed by atoms with E-state index in [1.54, 1.807) is 0 Å². The zero-order valence-corrected chi connectivity index (χ0v) is 32.7. The molecule has 4 heteroatoms. The molecule has 0 heterocycles. The maximum absolute atomic E-state index is 12.7. The summed E-state index contributed by atoms with van der Waals surface area (Å²) in [4.78, 5) is 23.4. The van der Waals surface area contributed by atoms with E-state index in [-0.39, 0.29) is 18.5 Å². The molecular formula is C46H78O4. The van der Waals surface area contributed by atoms with Crippen molar-refractivity contribution in [2.75, 3.05) is 0 Å². The second-order valence-corrected chi connectivity index (χ2v) is 13.8. The SMILES string of the molecule is CC/C=C\C/C=C\C/C=C\C/C=C\C/C=C\CCCCCC(=O)OC(CCC/C=C\CCCCCCCCCC)CCCCCCCC(=O)O. The van der Waals surface area contributed by atoms with E-state index in [0.29, 0.717) is 6.42 Å². The fourth-order valence-corrected chi connectivity index (χ4v) is 5.86. The molecule has 0 saturated heterocycles. The molecule has 0 aromatic rings. The van der Waals surface area contributed by atoms with Gasteiger partial charge in [-0.2, -0.15) is 0 Å². The molecule has 0 aliphatic heterocycles. The van der Waals surface area contributed by atoms with Gasteiger partial charge in [0.05, 0.1) is 0 Å². The van der Waals surface area contributed by atoms with Gasteiger partial charge in [-0.15, -0.1) is 0 Å². The Hall–Kier alpha value is -2.62. The maximum Gasteiger partial charge on any atom is 0.306 e. The summed E-state index contributed by atoms with van der Waals surface area (Å²) < 4.78 is 5.98. The van der Waals surface area contributed by atoms with Crippen LogP contribution < -0.4 is 0 Å². The Kier molecular flexibility index (Phi) is 38.7. The van der Waals surface area contributed by atoms with Gasteiger partial charge in [0.25, 0.3) is 0 Å². The van der Waals surface area contributed by atoms with Gasteiger partial charge in [-0.05, 0) is 103 Å².